The number of carbonyl (C=O) groups is 1. The Balaban J connectivity index is 2.17. The fourth-order valence-corrected chi connectivity index (χ4v) is 4.50. The summed E-state index contributed by atoms with van der Waals surface area (Å²) in [4.78, 5) is 22.5. The van der Waals surface area contributed by atoms with Crippen molar-refractivity contribution in [3.8, 4) is 0 Å². The van der Waals surface area contributed by atoms with Crippen LogP contribution in [0.25, 0.3) is 10.8 Å². The lowest BCUT2D eigenvalue weighted by Gasteiger charge is -2.25. The molecule has 0 heterocycles. The zero-order chi connectivity index (χ0) is 21.9. The van der Waals surface area contributed by atoms with Crippen LogP contribution in [0.5, 0.6) is 0 Å². The van der Waals surface area contributed by atoms with Gasteiger partial charge in [0.05, 0.1) is 21.6 Å². The molecule has 0 radical (unpaired) electrons. The number of nitro benzene ring substituents is 1. The van der Waals surface area contributed by atoms with Crippen molar-refractivity contribution in [2.75, 3.05) is 10.8 Å². The minimum Gasteiger partial charge on any atom is -0.462 e. The Morgan fingerprint density at radius 3 is 2.43 bits per heavy atom. The number of hydrogen-bond acceptors (Lipinski definition) is 6. The molecule has 0 N–H and O–H groups in total. The van der Waals surface area contributed by atoms with Gasteiger partial charge >= 0.3 is 5.97 Å². The molecule has 0 amide bonds. The zero-order valence-corrected chi connectivity index (χ0v) is 17.2. The van der Waals surface area contributed by atoms with E-state index >= 15 is 0 Å². The number of rotatable bonds is 7. The fourth-order valence-electron chi connectivity index (χ4n) is 3.03. The number of hydrogen-bond donors (Lipinski definition) is 0. The Morgan fingerprint density at radius 1 is 1.07 bits per heavy atom. The molecule has 0 atom stereocenters. The Labute approximate surface area is 173 Å². The zero-order valence-electron chi connectivity index (χ0n) is 16.4. The molecule has 0 saturated heterocycles. The maximum atomic E-state index is 13.5. The average molecular weight is 428 g/mol. The fraction of sp³-hybridized carbons (Fsp3) is 0.190. The molecule has 0 bridgehead atoms. The summed E-state index contributed by atoms with van der Waals surface area (Å²) in [5.74, 6) is -0.730. The number of nitrogens with zero attached hydrogens (tertiary/aromatic N) is 2. The molecule has 0 aliphatic heterocycles. The van der Waals surface area contributed by atoms with Crippen LogP contribution < -0.4 is 4.31 Å². The van der Waals surface area contributed by atoms with Gasteiger partial charge < -0.3 is 4.74 Å². The maximum absolute atomic E-state index is 13.5. The molecular weight excluding hydrogens is 408 g/mol. The van der Waals surface area contributed by atoms with Crippen LogP contribution in [0, 0.1) is 10.1 Å². The third-order valence-electron chi connectivity index (χ3n) is 4.29. The number of carbonyl (C=O) groups excluding carboxylic acids is 1. The summed E-state index contributed by atoms with van der Waals surface area (Å²) < 4.78 is 33.0. The van der Waals surface area contributed by atoms with Crippen molar-refractivity contribution in [1.82, 2.24) is 0 Å². The minimum atomic E-state index is -4.30. The van der Waals surface area contributed by atoms with Crippen LogP contribution >= 0.6 is 0 Å². The lowest BCUT2D eigenvalue weighted by Crippen LogP contribution is -2.37. The highest BCUT2D eigenvalue weighted by molar-refractivity contribution is 7.92. The molecule has 0 aliphatic carbocycles. The van der Waals surface area contributed by atoms with Crippen LogP contribution in [0.3, 0.4) is 0 Å². The number of non-ortho nitro benzene ring substituents is 1. The number of benzene rings is 3. The summed E-state index contributed by atoms with van der Waals surface area (Å²) in [7, 11) is -4.30. The molecule has 9 heteroatoms. The molecule has 3 aromatic rings. The van der Waals surface area contributed by atoms with Gasteiger partial charge in [0.25, 0.3) is 15.7 Å². The number of anilines is 1. The molecule has 156 valence electrons. The van der Waals surface area contributed by atoms with E-state index in [1.165, 1.54) is 18.2 Å². The Kier molecular flexibility index (Phi) is 6.02. The van der Waals surface area contributed by atoms with Gasteiger partial charge in [-0.3, -0.25) is 19.2 Å². The van der Waals surface area contributed by atoms with Crippen molar-refractivity contribution >= 4 is 38.1 Å². The van der Waals surface area contributed by atoms with Crippen molar-refractivity contribution < 1.29 is 22.9 Å². The van der Waals surface area contributed by atoms with Crippen molar-refractivity contribution in [1.29, 1.82) is 0 Å². The number of nitro groups is 1. The lowest BCUT2D eigenvalue weighted by atomic mass is 10.1. The average Bonchev–Trinajstić information content (AvgIpc) is 2.71. The highest BCUT2D eigenvalue weighted by atomic mass is 32.2. The quantitative estimate of drug-likeness (QED) is 0.321. The second-order valence-corrected chi connectivity index (χ2v) is 8.67. The summed E-state index contributed by atoms with van der Waals surface area (Å²) in [5.41, 5.74) is -0.0842. The van der Waals surface area contributed by atoms with E-state index in [0.29, 0.717) is 5.39 Å². The van der Waals surface area contributed by atoms with Crippen molar-refractivity contribution in [2.24, 2.45) is 0 Å². The molecule has 0 fully saturated rings. The van der Waals surface area contributed by atoms with Gasteiger partial charge in [-0.15, -0.1) is 0 Å². The largest absolute Gasteiger partial charge is 0.462 e. The summed E-state index contributed by atoms with van der Waals surface area (Å²) in [6.45, 7) is 2.75. The third kappa shape index (κ3) is 4.41. The van der Waals surface area contributed by atoms with Crippen LogP contribution in [0.1, 0.15) is 13.8 Å². The molecular formula is C21H20N2O6S. The van der Waals surface area contributed by atoms with Crippen molar-refractivity contribution in [2.45, 2.75) is 24.8 Å². The van der Waals surface area contributed by atoms with Gasteiger partial charge in [-0.2, -0.15) is 0 Å². The summed E-state index contributed by atoms with van der Waals surface area (Å²) >= 11 is 0. The second-order valence-electron chi connectivity index (χ2n) is 6.80. The van der Waals surface area contributed by atoms with Crippen LogP contribution in [0.2, 0.25) is 0 Å². The van der Waals surface area contributed by atoms with E-state index in [4.69, 9.17) is 4.74 Å². The molecule has 0 aliphatic rings. The molecule has 0 unspecified atom stereocenters. The number of fused-ring (bicyclic) bond motifs is 1. The lowest BCUT2D eigenvalue weighted by molar-refractivity contribution is -0.385. The van der Waals surface area contributed by atoms with Crippen molar-refractivity contribution in [3.63, 3.8) is 0 Å². The van der Waals surface area contributed by atoms with Gasteiger partial charge in [-0.25, -0.2) is 8.42 Å². The number of ether oxygens (including phenoxy) is 1. The second kappa shape index (κ2) is 8.50. The highest BCUT2D eigenvalue weighted by Gasteiger charge is 2.30. The molecule has 0 aromatic heterocycles. The minimum absolute atomic E-state index is 0.278. The maximum Gasteiger partial charge on any atom is 0.327 e. The molecule has 0 spiro atoms. The molecule has 3 aromatic carbocycles. The topological polar surface area (TPSA) is 107 Å². The molecule has 0 saturated carbocycles. The first-order valence-electron chi connectivity index (χ1n) is 9.14. The van der Waals surface area contributed by atoms with E-state index in [-0.39, 0.29) is 16.3 Å². The van der Waals surface area contributed by atoms with E-state index in [1.807, 2.05) is 18.2 Å². The standard InChI is InChI=1S/C21H20N2O6S/c1-15(2)29-21(24)14-22(20-12-5-8-16-7-3-4-11-19(16)20)30(27,28)18-10-6-9-17(13-18)23(25)26/h3-13,15H,14H2,1-2H3. The van der Waals surface area contributed by atoms with E-state index in [1.54, 1.807) is 38.1 Å². The van der Waals surface area contributed by atoms with Crippen LogP contribution in [0.15, 0.2) is 71.6 Å². The molecule has 3 rings (SSSR count). The first-order chi connectivity index (χ1) is 14.2. The van der Waals surface area contributed by atoms with Gasteiger partial charge in [0.15, 0.2) is 0 Å². The van der Waals surface area contributed by atoms with E-state index in [2.05, 4.69) is 0 Å². The third-order valence-corrected chi connectivity index (χ3v) is 6.05. The van der Waals surface area contributed by atoms with E-state index in [9.17, 15) is 23.3 Å². The monoisotopic (exact) mass is 428 g/mol. The first-order valence-corrected chi connectivity index (χ1v) is 10.6. The van der Waals surface area contributed by atoms with E-state index in [0.717, 1.165) is 15.8 Å². The first kappa shape index (κ1) is 21.3. The SMILES string of the molecule is CC(C)OC(=O)CN(c1cccc2ccccc12)S(=O)(=O)c1cccc([N+](=O)[O-])c1. The smallest absolute Gasteiger partial charge is 0.327 e. The van der Waals surface area contributed by atoms with Crippen molar-refractivity contribution in [3.05, 3.63) is 76.8 Å². The van der Waals surface area contributed by atoms with Crippen LogP contribution in [-0.4, -0.2) is 32.0 Å². The van der Waals surface area contributed by atoms with Crippen LogP contribution in [0.4, 0.5) is 11.4 Å². The summed E-state index contributed by atoms with van der Waals surface area (Å²) in [5, 5.41) is 12.5. The Bertz CT molecular complexity index is 1200. The van der Waals surface area contributed by atoms with E-state index < -0.39 is 33.6 Å². The summed E-state index contributed by atoms with van der Waals surface area (Å²) in [6.07, 6.45) is -0.424. The number of sulfonamides is 1. The van der Waals surface area contributed by atoms with Gasteiger partial charge in [-0.05, 0) is 31.4 Å². The molecule has 8 nitrogen and oxygen atoms in total. The van der Waals surface area contributed by atoms with Gasteiger partial charge in [0.2, 0.25) is 0 Å². The predicted molar refractivity (Wildman–Crippen MR) is 113 cm³/mol. The molecule has 30 heavy (non-hydrogen) atoms. The summed E-state index contributed by atoms with van der Waals surface area (Å²) in [6, 6.07) is 17.0. The number of esters is 1. The Hall–Kier alpha value is -3.46. The normalized spacial score (nSPS) is 11.4. The van der Waals surface area contributed by atoms with Gasteiger partial charge in [0.1, 0.15) is 6.54 Å². The highest BCUT2D eigenvalue weighted by Crippen LogP contribution is 2.32. The van der Waals surface area contributed by atoms with Crippen LogP contribution in [-0.2, 0) is 19.6 Å². The van der Waals surface area contributed by atoms with Gasteiger partial charge in [-0.1, -0.05) is 42.5 Å². The van der Waals surface area contributed by atoms with Gasteiger partial charge in [0, 0.05) is 17.5 Å². The predicted octanol–water partition coefficient (Wildman–Crippen LogP) is 3.89. The Morgan fingerprint density at radius 2 is 1.73 bits per heavy atom.